The molecule has 0 aliphatic carbocycles. The third-order valence-electron chi connectivity index (χ3n) is 5.81. The topological polar surface area (TPSA) is 81.1 Å². The van der Waals surface area contributed by atoms with E-state index < -0.39 is 23.1 Å². The average molecular weight is 497 g/mol. The highest BCUT2D eigenvalue weighted by Crippen LogP contribution is 2.31. The van der Waals surface area contributed by atoms with Crippen molar-refractivity contribution in [1.82, 2.24) is 19.9 Å². The van der Waals surface area contributed by atoms with Crippen molar-refractivity contribution in [1.29, 1.82) is 0 Å². The van der Waals surface area contributed by atoms with Gasteiger partial charge in [-0.3, -0.25) is 0 Å². The van der Waals surface area contributed by atoms with Crippen molar-refractivity contribution in [2.24, 2.45) is 5.10 Å². The molecule has 0 saturated carbocycles. The highest BCUT2D eigenvalue weighted by atomic mass is 19.4. The Balaban J connectivity index is 1.34. The number of ether oxygens (including phenoxy) is 1. The third kappa shape index (κ3) is 6.28. The van der Waals surface area contributed by atoms with Crippen LogP contribution >= 0.6 is 0 Å². The van der Waals surface area contributed by atoms with Gasteiger partial charge in [0.2, 0.25) is 5.95 Å². The maximum absolute atomic E-state index is 14.2. The normalized spacial score (nSPS) is 19.3. The molecule has 190 valence electrons. The molecule has 3 heterocycles. The zero-order chi connectivity index (χ0) is 25.1. The second-order valence-electron chi connectivity index (χ2n) is 8.95. The van der Waals surface area contributed by atoms with E-state index >= 15 is 0 Å². The second kappa shape index (κ2) is 10.2. The number of hydrazone groups is 1. The Morgan fingerprint density at radius 1 is 1.14 bits per heavy atom. The summed E-state index contributed by atoms with van der Waals surface area (Å²) in [6.07, 6.45) is -1.67. The van der Waals surface area contributed by atoms with Gasteiger partial charge in [-0.2, -0.15) is 23.3 Å². The smallest absolute Gasteiger partial charge is 0.378 e. The molecule has 1 aromatic heterocycles. The lowest BCUT2D eigenvalue weighted by Crippen LogP contribution is -2.60. The molecule has 9 nitrogen and oxygen atoms in total. The Hall–Kier alpha value is -3.19. The summed E-state index contributed by atoms with van der Waals surface area (Å²) < 4.78 is 58.5. The number of nitrogens with zero attached hydrogens (tertiary/aromatic N) is 6. The molecule has 1 aromatic carbocycles. The average Bonchev–Trinajstić information content (AvgIpc) is 2.82. The van der Waals surface area contributed by atoms with E-state index in [4.69, 9.17) is 4.74 Å². The van der Waals surface area contributed by atoms with Crippen LogP contribution in [0, 0.1) is 5.82 Å². The van der Waals surface area contributed by atoms with E-state index in [1.165, 1.54) is 6.07 Å². The zero-order valence-corrected chi connectivity index (χ0v) is 19.5. The first kappa shape index (κ1) is 24.9. The molecule has 0 bridgehead atoms. The van der Waals surface area contributed by atoms with E-state index in [0.717, 1.165) is 18.3 Å². The Kier molecular flexibility index (Phi) is 7.26. The summed E-state index contributed by atoms with van der Waals surface area (Å²) >= 11 is 0. The fourth-order valence-corrected chi connectivity index (χ4v) is 4.00. The molecule has 2 aliphatic heterocycles. The first-order valence-corrected chi connectivity index (χ1v) is 11.2. The minimum atomic E-state index is -4.40. The maximum Gasteiger partial charge on any atom is 0.416 e. The van der Waals surface area contributed by atoms with Gasteiger partial charge in [-0.15, -0.1) is 0 Å². The van der Waals surface area contributed by atoms with Crippen molar-refractivity contribution in [3.8, 4) is 0 Å². The van der Waals surface area contributed by atoms with Crippen molar-refractivity contribution in [2.45, 2.75) is 25.6 Å². The van der Waals surface area contributed by atoms with Gasteiger partial charge in [-0.05, 0) is 32.0 Å². The van der Waals surface area contributed by atoms with Crippen LogP contribution in [0.5, 0.6) is 0 Å². The molecule has 0 atom stereocenters. The van der Waals surface area contributed by atoms with E-state index in [2.05, 4.69) is 25.9 Å². The lowest BCUT2D eigenvalue weighted by atomic mass is 10.0. The number of aromatic nitrogens is 2. The molecule has 0 radical (unpaired) electrons. The number of hydrogen-bond donors (Lipinski definition) is 2. The summed E-state index contributed by atoms with van der Waals surface area (Å²) in [7, 11) is 0. The molecule has 13 heteroatoms. The number of benzene rings is 1. The first-order valence-electron chi connectivity index (χ1n) is 11.2. The Bertz CT molecular complexity index is 1040. The molecule has 35 heavy (non-hydrogen) atoms. The van der Waals surface area contributed by atoms with Crippen molar-refractivity contribution in [3.63, 3.8) is 0 Å². The van der Waals surface area contributed by atoms with Gasteiger partial charge in [0.15, 0.2) is 11.6 Å². The monoisotopic (exact) mass is 496 g/mol. The largest absolute Gasteiger partial charge is 0.416 e. The Morgan fingerprint density at radius 3 is 2.63 bits per heavy atom. The number of halogens is 4. The molecule has 2 N–H and O–H groups in total. The predicted molar refractivity (Wildman–Crippen MR) is 125 cm³/mol. The van der Waals surface area contributed by atoms with Crippen LogP contribution in [-0.2, 0) is 10.9 Å². The molecule has 0 spiro atoms. The van der Waals surface area contributed by atoms with E-state index in [1.54, 1.807) is 17.3 Å². The van der Waals surface area contributed by atoms with Crippen LogP contribution in [0.3, 0.4) is 0 Å². The number of hydrazine groups is 1. The molecule has 4 rings (SSSR count). The van der Waals surface area contributed by atoms with Gasteiger partial charge >= 0.3 is 6.18 Å². The van der Waals surface area contributed by atoms with Gasteiger partial charge in [0.1, 0.15) is 6.34 Å². The highest BCUT2D eigenvalue weighted by molar-refractivity contribution is 5.57. The van der Waals surface area contributed by atoms with Crippen LogP contribution in [0.15, 0.2) is 35.6 Å². The Labute approximate surface area is 200 Å². The van der Waals surface area contributed by atoms with Crippen LogP contribution < -0.4 is 15.8 Å². The molecule has 0 amide bonds. The van der Waals surface area contributed by atoms with Crippen LogP contribution in [-0.4, -0.2) is 77.7 Å². The van der Waals surface area contributed by atoms with Gasteiger partial charge in [0, 0.05) is 38.4 Å². The third-order valence-corrected chi connectivity index (χ3v) is 5.81. The fourth-order valence-electron chi connectivity index (χ4n) is 4.00. The SMILES string of the molecule is CC1(C)CN(C=NNc2ncc(F)c(N3CCOCC3)n2)CCN1Nc1cccc(C(F)(F)F)c1. The number of nitrogens with one attached hydrogen (secondary N) is 2. The molecule has 2 fully saturated rings. The number of anilines is 3. The molecule has 2 saturated heterocycles. The van der Waals surface area contributed by atoms with Crippen LogP contribution in [0.2, 0.25) is 0 Å². The summed E-state index contributed by atoms with van der Waals surface area (Å²) in [4.78, 5) is 12.0. The van der Waals surface area contributed by atoms with Crippen LogP contribution in [0.4, 0.5) is 35.0 Å². The standard InChI is InChI=1S/C22H28F4N8O/c1-21(2)14-32(6-7-34(21)31-17-5-3-4-16(12-17)22(24,25)26)15-28-30-20-27-13-18(23)19(29-20)33-8-10-35-11-9-33/h3-5,12-13,15,31H,6-11,14H2,1-2H3,(H,27,29,30). The molecule has 2 aromatic rings. The van der Waals surface area contributed by atoms with Crippen molar-refractivity contribution in [2.75, 3.05) is 61.7 Å². The highest BCUT2D eigenvalue weighted by Gasteiger charge is 2.34. The van der Waals surface area contributed by atoms with E-state index in [1.807, 2.05) is 23.8 Å². The molecule has 2 aliphatic rings. The summed E-state index contributed by atoms with van der Waals surface area (Å²) in [5, 5.41) is 6.11. The summed E-state index contributed by atoms with van der Waals surface area (Å²) in [6, 6.07) is 5.14. The van der Waals surface area contributed by atoms with Gasteiger partial charge in [-0.25, -0.2) is 19.8 Å². The maximum atomic E-state index is 14.2. The summed E-state index contributed by atoms with van der Waals surface area (Å²) in [6.45, 7) is 7.77. The molecule has 0 unspecified atom stereocenters. The van der Waals surface area contributed by atoms with Crippen LogP contribution in [0.25, 0.3) is 0 Å². The fraction of sp³-hybridized carbons (Fsp3) is 0.500. The van der Waals surface area contributed by atoms with Crippen LogP contribution in [0.1, 0.15) is 19.4 Å². The van der Waals surface area contributed by atoms with Gasteiger partial charge in [0.05, 0.1) is 30.5 Å². The summed E-state index contributed by atoms with van der Waals surface area (Å²) in [5.41, 5.74) is 5.12. The van der Waals surface area contributed by atoms with Gasteiger partial charge in [-0.1, -0.05) is 6.07 Å². The number of alkyl halides is 3. The quantitative estimate of drug-likeness (QED) is 0.273. The molecular weight excluding hydrogens is 468 g/mol. The number of hydrogen-bond acceptors (Lipinski definition) is 8. The lowest BCUT2D eigenvalue weighted by molar-refractivity contribution is -0.137. The minimum absolute atomic E-state index is 0.174. The predicted octanol–water partition coefficient (Wildman–Crippen LogP) is 3.25. The lowest BCUT2D eigenvalue weighted by Gasteiger charge is -2.46. The van der Waals surface area contributed by atoms with Crippen molar-refractivity contribution >= 4 is 23.8 Å². The van der Waals surface area contributed by atoms with E-state index in [9.17, 15) is 17.6 Å². The molecular formula is C22H28F4N8O. The van der Waals surface area contributed by atoms with Gasteiger partial charge in [0.25, 0.3) is 0 Å². The number of piperazine rings is 1. The van der Waals surface area contributed by atoms with Crippen molar-refractivity contribution in [3.05, 3.63) is 41.8 Å². The number of rotatable bonds is 6. The number of morpholine rings is 1. The minimum Gasteiger partial charge on any atom is -0.378 e. The zero-order valence-electron chi connectivity index (χ0n) is 19.5. The second-order valence-corrected chi connectivity index (χ2v) is 8.95. The van der Waals surface area contributed by atoms with E-state index in [0.29, 0.717) is 51.6 Å². The first-order chi connectivity index (χ1) is 16.6. The van der Waals surface area contributed by atoms with Crippen molar-refractivity contribution < 1.29 is 22.3 Å². The Morgan fingerprint density at radius 2 is 1.91 bits per heavy atom. The summed E-state index contributed by atoms with van der Waals surface area (Å²) in [5.74, 6) is -0.128. The van der Waals surface area contributed by atoms with Gasteiger partial charge < -0.3 is 20.0 Å². The van der Waals surface area contributed by atoms with E-state index in [-0.39, 0.29) is 11.8 Å².